The average Bonchev–Trinajstić information content (AvgIpc) is 2.82. The van der Waals surface area contributed by atoms with Crippen LogP contribution in [0, 0.1) is 11.8 Å². The predicted octanol–water partition coefficient (Wildman–Crippen LogP) is 4.71. The van der Waals surface area contributed by atoms with Crippen molar-refractivity contribution < 1.29 is 23.9 Å². The second kappa shape index (κ2) is 13.8. The van der Waals surface area contributed by atoms with Crippen molar-refractivity contribution in [1.82, 2.24) is 9.96 Å². The molecule has 8 heteroatoms. The minimum Gasteiger partial charge on any atom is -0.497 e. The first-order valence-electron chi connectivity index (χ1n) is 12.2. The van der Waals surface area contributed by atoms with Crippen LogP contribution in [0.5, 0.6) is 5.75 Å². The molecule has 34 heavy (non-hydrogen) atoms. The number of rotatable bonds is 12. The summed E-state index contributed by atoms with van der Waals surface area (Å²) in [6.45, 7) is 14.8. The van der Waals surface area contributed by atoms with E-state index in [0.717, 1.165) is 37.4 Å². The molecule has 1 aliphatic heterocycles. The summed E-state index contributed by atoms with van der Waals surface area (Å²) in [6, 6.07) is 7.97. The minimum absolute atomic E-state index is 0.0512. The van der Waals surface area contributed by atoms with E-state index >= 15 is 0 Å². The fourth-order valence-corrected chi connectivity index (χ4v) is 3.96. The summed E-state index contributed by atoms with van der Waals surface area (Å²) in [5.41, 5.74) is 1.12. The minimum atomic E-state index is -0.630. The van der Waals surface area contributed by atoms with E-state index in [1.165, 1.54) is 5.06 Å². The Morgan fingerprint density at radius 3 is 2.29 bits per heavy atom. The number of hydrogen-bond acceptors (Lipinski definition) is 6. The van der Waals surface area contributed by atoms with E-state index in [4.69, 9.17) is 14.3 Å². The van der Waals surface area contributed by atoms with Gasteiger partial charge in [-0.05, 0) is 49.9 Å². The van der Waals surface area contributed by atoms with E-state index in [1.807, 2.05) is 29.2 Å². The summed E-state index contributed by atoms with van der Waals surface area (Å²) in [5, 5.41) is 1.20. The molecular weight excluding hydrogens is 434 g/mol. The lowest BCUT2D eigenvalue weighted by Gasteiger charge is -2.38. The summed E-state index contributed by atoms with van der Waals surface area (Å²) >= 11 is 0. The highest BCUT2D eigenvalue weighted by atomic mass is 16.7. The predicted molar refractivity (Wildman–Crippen MR) is 134 cm³/mol. The molecule has 1 aromatic carbocycles. The van der Waals surface area contributed by atoms with Gasteiger partial charge in [0.05, 0.1) is 31.9 Å². The van der Waals surface area contributed by atoms with Gasteiger partial charge in [0.1, 0.15) is 5.75 Å². The van der Waals surface area contributed by atoms with Crippen molar-refractivity contribution in [3.63, 3.8) is 0 Å². The fourth-order valence-electron chi connectivity index (χ4n) is 3.96. The molecule has 0 radical (unpaired) electrons. The largest absolute Gasteiger partial charge is 0.497 e. The summed E-state index contributed by atoms with van der Waals surface area (Å²) in [7, 11) is 1.65. The molecule has 0 spiro atoms. The molecule has 1 saturated heterocycles. The molecule has 2 amide bonds. The van der Waals surface area contributed by atoms with Gasteiger partial charge in [-0.25, -0.2) is 4.79 Å². The third-order valence-corrected chi connectivity index (χ3v) is 5.73. The van der Waals surface area contributed by atoms with Gasteiger partial charge in [0.2, 0.25) is 5.91 Å². The van der Waals surface area contributed by atoms with Crippen molar-refractivity contribution in [3.8, 4) is 5.75 Å². The van der Waals surface area contributed by atoms with Crippen LogP contribution in [-0.4, -0.2) is 68.4 Å². The molecule has 0 aromatic heterocycles. The van der Waals surface area contributed by atoms with Crippen LogP contribution in [-0.2, 0) is 14.4 Å². The maximum Gasteiger partial charge on any atom is 0.439 e. The molecule has 0 aliphatic carbocycles. The van der Waals surface area contributed by atoms with E-state index in [-0.39, 0.29) is 24.1 Å². The van der Waals surface area contributed by atoms with Crippen LogP contribution in [0.3, 0.4) is 0 Å². The standard InChI is InChI=1S/C26H41N3O5/c1-7-8-17-33-29(26(31)34-21(4)5)19-22(18-20(2)3)25(30)28-15-13-27(14-16-28)23-9-11-24(32-6)12-10-23/h9-12,20,22H,4,7-8,13-19H2,1-3,5-6H3/t22-/m0/s1. The number of benzene rings is 1. The number of methoxy groups -OCH3 is 1. The van der Waals surface area contributed by atoms with Crippen molar-refractivity contribution in [2.75, 3.05) is 51.3 Å². The highest BCUT2D eigenvalue weighted by Crippen LogP contribution is 2.23. The number of carbonyl (C=O) groups is 2. The van der Waals surface area contributed by atoms with E-state index in [0.29, 0.717) is 32.0 Å². The highest BCUT2D eigenvalue weighted by Gasteiger charge is 2.32. The molecule has 1 atom stereocenters. The Labute approximate surface area is 204 Å². The van der Waals surface area contributed by atoms with Gasteiger partial charge in [-0.2, -0.15) is 5.06 Å². The Balaban J connectivity index is 2.04. The summed E-state index contributed by atoms with van der Waals surface area (Å²) in [5.74, 6) is 1.09. The number of allylic oxidation sites excluding steroid dienone is 1. The van der Waals surface area contributed by atoms with Gasteiger partial charge in [-0.15, -0.1) is 0 Å². The van der Waals surface area contributed by atoms with E-state index in [2.05, 4.69) is 32.3 Å². The lowest BCUT2D eigenvalue weighted by Crippen LogP contribution is -2.52. The molecule has 8 nitrogen and oxygen atoms in total. The molecule has 0 bridgehead atoms. The van der Waals surface area contributed by atoms with E-state index < -0.39 is 6.09 Å². The van der Waals surface area contributed by atoms with E-state index in [1.54, 1.807) is 14.0 Å². The topological polar surface area (TPSA) is 71.6 Å². The number of hydrogen-bond donors (Lipinski definition) is 0. The number of anilines is 1. The molecule has 2 rings (SSSR count). The zero-order valence-corrected chi connectivity index (χ0v) is 21.4. The zero-order chi connectivity index (χ0) is 25.1. The second-order valence-electron chi connectivity index (χ2n) is 9.15. The summed E-state index contributed by atoms with van der Waals surface area (Å²) in [6.07, 6.45) is 1.78. The first kappa shape index (κ1) is 27.5. The summed E-state index contributed by atoms with van der Waals surface area (Å²) in [4.78, 5) is 36.0. The number of nitrogens with zero attached hydrogens (tertiary/aromatic N) is 3. The molecule has 190 valence electrons. The Hall–Kier alpha value is -2.74. The van der Waals surface area contributed by atoms with Gasteiger partial charge in [-0.1, -0.05) is 33.8 Å². The smallest absolute Gasteiger partial charge is 0.439 e. The van der Waals surface area contributed by atoms with E-state index in [9.17, 15) is 9.59 Å². The first-order valence-corrected chi connectivity index (χ1v) is 12.2. The lowest BCUT2D eigenvalue weighted by molar-refractivity contribution is -0.155. The van der Waals surface area contributed by atoms with Gasteiger partial charge in [-0.3, -0.25) is 9.63 Å². The van der Waals surface area contributed by atoms with Gasteiger partial charge >= 0.3 is 6.09 Å². The van der Waals surface area contributed by atoms with Crippen LogP contribution in [0.4, 0.5) is 10.5 Å². The number of carbonyl (C=O) groups excluding carboxylic acids is 2. The third-order valence-electron chi connectivity index (χ3n) is 5.73. The van der Waals surface area contributed by atoms with Gasteiger partial charge < -0.3 is 19.3 Å². The Bertz CT molecular complexity index is 788. The van der Waals surface area contributed by atoms with Gasteiger partial charge in [0, 0.05) is 31.9 Å². The number of ether oxygens (including phenoxy) is 2. The summed E-state index contributed by atoms with van der Waals surface area (Å²) < 4.78 is 10.4. The highest BCUT2D eigenvalue weighted by molar-refractivity contribution is 5.80. The van der Waals surface area contributed by atoms with Crippen LogP contribution in [0.2, 0.25) is 0 Å². The normalized spacial score (nSPS) is 14.6. The zero-order valence-electron chi connectivity index (χ0n) is 21.4. The maximum absolute atomic E-state index is 13.5. The number of unbranched alkanes of at least 4 members (excludes halogenated alkanes) is 1. The molecular formula is C26H41N3O5. The number of piperazine rings is 1. The van der Waals surface area contributed by atoms with Crippen LogP contribution < -0.4 is 9.64 Å². The average molecular weight is 476 g/mol. The molecule has 0 N–H and O–H groups in total. The van der Waals surface area contributed by atoms with Crippen LogP contribution in [0.15, 0.2) is 36.6 Å². The molecule has 1 aliphatic rings. The molecule has 1 heterocycles. The van der Waals surface area contributed by atoms with Crippen molar-refractivity contribution in [2.45, 2.75) is 47.0 Å². The van der Waals surface area contributed by atoms with Crippen molar-refractivity contribution in [2.24, 2.45) is 11.8 Å². The molecule has 1 aromatic rings. The van der Waals surface area contributed by atoms with Crippen LogP contribution in [0.1, 0.15) is 47.0 Å². The SMILES string of the molecule is C=C(C)OC(=O)N(C[C@H](CC(C)C)C(=O)N1CCN(c2ccc(OC)cc2)CC1)OCCCC. The Morgan fingerprint density at radius 2 is 1.76 bits per heavy atom. The monoisotopic (exact) mass is 475 g/mol. The van der Waals surface area contributed by atoms with Gasteiger partial charge in [0.25, 0.3) is 0 Å². The van der Waals surface area contributed by atoms with Crippen molar-refractivity contribution >= 4 is 17.7 Å². The second-order valence-corrected chi connectivity index (χ2v) is 9.15. The first-order chi connectivity index (χ1) is 16.2. The number of amides is 2. The molecule has 0 unspecified atom stereocenters. The fraction of sp³-hybridized carbons (Fsp3) is 0.615. The molecule has 1 fully saturated rings. The van der Waals surface area contributed by atoms with Crippen LogP contribution >= 0.6 is 0 Å². The van der Waals surface area contributed by atoms with Crippen molar-refractivity contribution in [3.05, 3.63) is 36.6 Å². The number of hydroxylamine groups is 2. The maximum atomic E-state index is 13.5. The lowest BCUT2D eigenvalue weighted by atomic mass is 9.95. The Morgan fingerprint density at radius 1 is 1.12 bits per heavy atom. The quantitative estimate of drug-likeness (QED) is 0.248. The van der Waals surface area contributed by atoms with Gasteiger partial charge in [0.15, 0.2) is 0 Å². The van der Waals surface area contributed by atoms with Crippen LogP contribution in [0.25, 0.3) is 0 Å². The third kappa shape index (κ3) is 8.56. The molecule has 0 saturated carbocycles. The van der Waals surface area contributed by atoms with Crippen molar-refractivity contribution in [1.29, 1.82) is 0 Å². The Kier molecular flexibility index (Phi) is 11.2.